The van der Waals surface area contributed by atoms with Crippen molar-refractivity contribution in [1.82, 2.24) is 10.2 Å². The van der Waals surface area contributed by atoms with Crippen LogP contribution in [0.4, 0.5) is 0 Å². The molecular weight excluding hydrogens is 322 g/mol. The fraction of sp³-hybridized carbons (Fsp3) is 0.444. The second-order valence-electron chi connectivity index (χ2n) is 5.49. The Labute approximate surface area is 147 Å². The molecule has 1 aliphatic rings. The summed E-state index contributed by atoms with van der Waals surface area (Å²) in [6, 6.07) is 7.16. The predicted octanol–water partition coefficient (Wildman–Crippen LogP) is 1.06. The third-order valence-electron chi connectivity index (χ3n) is 3.90. The number of nitriles is 1. The van der Waals surface area contributed by atoms with Gasteiger partial charge in [0.25, 0.3) is 5.91 Å². The lowest BCUT2D eigenvalue weighted by Gasteiger charge is -2.26. The molecule has 1 N–H and O–H groups in total. The first kappa shape index (κ1) is 18.8. The highest BCUT2D eigenvalue weighted by molar-refractivity contribution is 6.01. The Bertz CT molecular complexity index is 661. The predicted molar refractivity (Wildman–Crippen MR) is 93.4 cm³/mol. The van der Waals surface area contributed by atoms with E-state index in [1.54, 1.807) is 25.3 Å². The van der Waals surface area contributed by atoms with Gasteiger partial charge in [0.2, 0.25) is 0 Å². The van der Waals surface area contributed by atoms with Gasteiger partial charge in [0.1, 0.15) is 11.6 Å². The molecule has 1 aromatic rings. The first-order valence-electron chi connectivity index (χ1n) is 8.10. The van der Waals surface area contributed by atoms with Gasteiger partial charge in [-0.05, 0) is 23.8 Å². The molecule has 0 unspecified atom stereocenters. The Hall–Kier alpha value is -2.56. The van der Waals surface area contributed by atoms with Crippen molar-refractivity contribution in [3.63, 3.8) is 0 Å². The number of nitrogens with zero attached hydrogens (tertiary/aromatic N) is 2. The maximum atomic E-state index is 12.2. The number of methoxy groups -OCH3 is 2. The number of nitrogens with one attached hydrogen (secondary N) is 1. The third kappa shape index (κ3) is 5.48. The van der Waals surface area contributed by atoms with Crippen molar-refractivity contribution >= 4 is 12.0 Å². The number of hydrogen-bond donors (Lipinski definition) is 1. The van der Waals surface area contributed by atoms with Gasteiger partial charge in [0.15, 0.2) is 11.5 Å². The first-order valence-corrected chi connectivity index (χ1v) is 8.10. The summed E-state index contributed by atoms with van der Waals surface area (Å²) in [5.41, 5.74) is 0.742. The summed E-state index contributed by atoms with van der Waals surface area (Å²) in [4.78, 5) is 14.4. The van der Waals surface area contributed by atoms with E-state index >= 15 is 0 Å². The summed E-state index contributed by atoms with van der Waals surface area (Å²) in [6.07, 6.45) is 1.53. The Balaban J connectivity index is 1.96. The summed E-state index contributed by atoms with van der Waals surface area (Å²) in [5.74, 6) is 0.750. The molecule has 0 atom stereocenters. The van der Waals surface area contributed by atoms with Crippen molar-refractivity contribution < 1.29 is 19.0 Å². The molecule has 0 spiro atoms. The van der Waals surface area contributed by atoms with Gasteiger partial charge in [-0.1, -0.05) is 6.07 Å². The van der Waals surface area contributed by atoms with E-state index in [1.165, 1.54) is 13.2 Å². The molecule has 0 radical (unpaired) electrons. The van der Waals surface area contributed by atoms with E-state index in [-0.39, 0.29) is 11.5 Å². The van der Waals surface area contributed by atoms with Gasteiger partial charge in [-0.25, -0.2) is 0 Å². The molecule has 1 aromatic carbocycles. The quantitative estimate of drug-likeness (QED) is 0.588. The van der Waals surface area contributed by atoms with Crippen molar-refractivity contribution in [1.29, 1.82) is 5.26 Å². The van der Waals surface area contributed by atoms with E-state index in [0.29, 0.717) is 23.6 Å². The van der Waals surface area contributed by atoms with Crippen LogP contribution in [-0.2, 0) is 9.53 Å². The summed E-state index contributed by atoms with van der Waals surface area (Å²) in [5, 5.41) is 12.1. The van der Waals surface area contributed by atoms with Crippen molar-refractivity contribution in [2.24, 2.45) is 0 Å². The molecule has 1 heterocycles. The van der Waals surface area contributed by atoms with E-state index in [0.717, 1.165) is 32.8 Å². The number of morpholine rings is 1. The average Bonchev–Trinajstić information content (AvgIpc) is 2.66. The zero-order valence-corrected chi connectivity index (χ0v) is 14.6. The van der Waals surface area contributed by atoms with Crippen molar-refractivity contribution in [3.8, 4) is 17.6 Å². The topological polar surface area (TPSA) is 83.8 Å². The van der Waals surface area contributed by atoms with Gasteiger partial charge in [-0.2, -0.15) is 5.26 Å². The maximum Gasteiger partial charge on any atom is 0.261 e. The minimum atomic E-state index is -0.384. The fourth-order valence-corrected chi connectivity index (χ4v) is 2.51. The van der Waals surface area contributed by atoms with Crippen LogP contribution in [0.3, 0.4) is 0 Å². The second kappa shape index (κ2) is 9.67. The first-order chi connectivity index (χ1) is 12.2. The number of rotatable bonds is 7. The second-order valence-corrected chi connectivity index (χ2v) is 5.49. The minimum absolute atomic E-state index is 0.0502. The maximum absolute atomic E-state index is 12.2. The lowest BCUT2D eigenvalue weighted by molar-refractivity contribution is -0.117. The highest BCUT2D eigenvalue weighted by Gasteiger charge is 2.13. The van der Waals surface area contributed by atoms with Crippen LogP contribution in [0, 0.1) is 11.3 Å². The Morgan fingerprint density at radius 1 is 1.32 bits per heavy atom. The number of hydrogen-bond acceptors (Lipinski definition) is 6. The normalized spacial score (nSPS) is 15.3. The number of amides is 1. The molecule has 7 heteroatoms. The van der Waals surface area contributed by atoms with Crippen LogP contribution in [0.2, 0.25) is 0 Å². The van der Waals surface area contributed by atoms with Gasteiger partial charge in [-0.3, -0.25) is 9.69 Å². The molecule has 1 saturated heterocycles. The molecule has 25 heavy (non-hydrogen) atoms. The molecule has 7 nitrogen and oxygen atoms in total. The SMILES string of the molecule is COc1ccc(C=C(C#N)C(=O)NCCN2CCOCC2)cc1OC. The molecule has 1 fully saturated rings. The number of carbonyl (C=O) groups excluding carboxylic acids is 1. The summed E-state index contributed by atoms with van der Waals surface area (Å²) >= 11 is 0. The smallest absolute Gasteiger partial charge is 0.261 e. The zero-order valence-electron chi connectivity index (χ0n) is 14.6. The van der Waals surface area contributed by atoms with E-state index in [2.05, 4.69) is 10.2 Å². The summed E-state index contributed by atoms with van der Waals surface area (Å²) < 4.78 is 15.7. The number of carbonyl (C=O) groups is 1. The van der Waals surface area contributed by atoms with Gasteiger partial charge >= 0.3 is 0 Å². The summed E-state index contributed by atoms with van der Waals surface area (Å²) in [6.45, 7) is 4.39. The van der Waals surface area contributed by atoms with Crippen molar-refractivity contribution in [2.45, 2.75) is 0 Å². The summed E-state index contributed by atoms with van der Waals surface area (Å²) in [7, 11) is 3.09. The number of ether oxygens (including phenoxy) is 3. The van der Waals surface area contributed by atoms with Crippen LogP contribution in [-0.4, -0.2) is 64.4 Å². The Morgan fingerprint density at radius 2 is 2.04 bits per heavy atom. The van der Waals surface area contributed by atoms with Gasteiger partial charge in [0.05, 0.1) is 27.4 Å². The van der Waals surface area contributed by atoms with Gasteiger partial charge in [-0.15, -0.1) is 0 Å². The molecular formula is C18H23N3O4. The van der Waals surface area contributed by atoms with Crippen molar-refractivity contribution in [2.75, 3.05) is 53.6 Å². The highest BCUT2D eigenvalue weighted by atomic mass is 16.5. The third-order valence-corrected chi connectivity index (χ3v) is 3.90. The van der Waals surface area contributed by atoms with Gasteiger partial charge in [0, 0.05) is 26.2 Å². The van der Waals surface area contributed by atoms with E-state index in [1.807, 2.05) is 6.07 Å². The fourth-order valence-electron chi connectivity index (χ4n) is 2.51. The molecule has 0 aromatic heterocycles. The van der Waals surface area contributed by atoms with E-state index in [4.69, 9.17) is 14.2 Å². The van der Waals surface area contributed by atoms with Crippen LogP contribution in [0.25, 0.3) is 6.08 Å². The van der Waals surface area contributed by atoms with Crippen LogP contribution in [0.5, 0.6) is 11.5 Å². The molecule has 0 saturated carbocycles. The minimum Gasteiger partial charge on any atom is -0.493 e. The lowest BCUT2D eigenvalue weighted by Crippen LogP contribution is -2.41. The molecule has 134 valence electrons. The van der Waals surface area contributed by atoms with Crippen LogP contribution in [0.1, 0.15) is 5.56 Å². The standard InChI is InChI=1S/C18H23N3O4/c1-23-16-4-3-14(12-17(16)24-2)11-15(13-19)18(22)20-5-6-21-7-9-25-10-8-21/h3-4,11-12H,5-10H2,1-2H3,(H,20,22). The van der Waals surface area contributed by atoms with Crippen LogP contribution >= 0.6 is 0 Å². The van der Waals surface area contributed by atoms with Crippen LogP contribution < -0.4 is 14.8 Å². The zero-order chi connectivity index (χ0) is 18.1. The number of benzene rings is 1. The largest absolute Gasteiger partial charge is 0.493 e. The Kier molecular flexibility index (Phi) is 7.26. The molecule has 0 bridgehead atoms. The van der Waals surface area contributed by atoms with Crippen LogP contribution in [0.15, 0.2) is 23.8 Å². The monoisotopic (exact) mass is 345 g/mol. The van der Waals surface area contributed by atoms with Crippen molar-refractivity contribution in [3.05, 3.63) is 29.3 Å². The molecule has 0 aliphatic carbocycles. The van der Waals surface area contributed by atoms with Gasteiger partial charge < -0.3 is 19.5 Å². The van der Waals surface area contributed by atoms with E-state index in [9.17, 15) is 10.1 Å². The lowest BCUT2D eigenvalue weighted by atomic mass is 10.1. The Morgan fingerprint density at radius 3 is 2.68 bits per heavy atom. The average molecular weight is 345 g/mol. The molecule has 2 rings (SSSR count). The molecule has 1 aliphatic heterocycles. The molecule has 1 amide bonds. The highest BCUT2D eigenvalue weighted by Crippen LogP contribution is 2.28. The van der Waals surface area contributed by atoms with E-state index < -0.39 is 0 Å².